The molecule has 43 heavy (non-hydrogen) atoms. The van der Waals surface area contributed by atoms with Crippen molar-refractivity contribution in [2.45, 2.75) is 30.1 Å². The lowest BCUT2D eigenvalue weighted by Crippen LogP contribution is -2.47. The van der Waals surface area contributed by atoms with Gasteiger partial charge < -0.3 is 4.90 Å². The van der Waals surface area contributed by atoms with Crippen molar-refractivity contribution in [3.05, 3.63) is 130 Å². The summed E-state index contributed by atoms with van der Waals surface area (Å²) in [5.74, 6) is -0.228. The van der Waals surface area contributed by atoms with Gasteiger partial charge in [-0.25, -0.2) is 17.5 Å². The molecule has 0 atom stereocenters. The van der Waals surface area contributed by atoms with Crippen LogP contribution in [0.2, 0.25) is 10.0 Å². The van der Waals surface area contributed by atoms with Crippen LogP contribution in [0.3, 0.4) is 0 Å². The summed E-state index contributed by atoms with van der Waals surface area (Å²) in [6.07, 6.45) is 1.54. The van der Waals surface area contributed by atoms with E-state index in [-0.39, 0.29) is 17.3 Å². The van der Waals surface area contributed by atoms with E-state index in [0.29, 0.717) is 16.5 Å². The van der Waals surface area contributed by atoms with Crippen LogP contribution in [0.1, 0.15) is 29.5 Å². The lowest BCUT2D eigenvalue weighted by Gasteiger charge is -2.38. The van der Waals surface area contributed by atoms with E-state index in [1.165, 1.54) is 12.1 Å². The molecule has 0 bridgehead atoms. The van der Waals surface area contributed by atoms with Gasteiger partial charge in [-0.3, -0.25) is 4.90 Å². The van der Waals surface area contributed by atoms with Gasteiger partial charge in [0.2, 0.25) is 10.0 Å². The minimum atomic E-state index is -3.76. The number of rotatable bonds is 11. The molecule has 0 amide bonds. The fourth-order valence-electron chi connectivity index (χ4n) is 5.79. The second kappa shape index (κ2) is 13.8. The number of nitrogens with one attached hydrogen (secondary N) is 1. The molecule has 1 heterocycles. The molecule has 0 unspecified atom stereocenters. The summed E-state index contributed by atoms with van der Waals surface area (Å²) in [5, 5.41) is 1.24. The van der Waals surface area contributed by atoms with Gasteiger partial charge in [0, 0.05) is 53.9 Å². The van der Waals surface area contributed by atoms with E-state index >= 15 is 0 Å². The maximum Gasteiger partial charge on any atom is 0.240 e. The first kappa shape index (κ1) is 31.5. The van der Waals surface area contributed by atoms with Crippen molar-refractivity contribution in [2.24, 2.45) is 0 Å². The van der Waals surface area contributed by atoms with E-state index < -0.39 is 15.4 Å². The average Bonchev–Trinajstić information content (AvgIpc) is 3.01. The third-order valence-electron chi connectivity index (χ3n) is 8.33. The van der Waals surface area contributed by atoms with Gasteiger partial charge in [0.1, 0.15) is 5.82 Å². The predicted octanol–water partition coefficient (Wildman–Crippen LogP) is 7.31. The van der Waals surface area contributed by atoms with Crippen LogP contribution in [0.15, 0.2) is 102 Å². The number of nitrogens with zero attached hydrogens (tertiary/aromatic N) is 2. The molecule has 0 aliphatic carbocycles. The summed E-state index contributed by atoms with van der Waals surface area (Å²) in [6.45, 7) is 6.48. The highest BCUT2D eigenvalue weighted by molar-refractivity contribution is 7.89. The second-order valence-electron chi connectivity index (χ2n) is 11.1. The summed E-state index contributed by atoms with van der Waals surface area (Å²) in [5.41, 5.74) is 3.32. The van der Waals surface area contributed by atoms with Crippen LogP contribution >= 0.6 is 23.2 Å². The molecule has 0 saturated carbocycles. The Labute approximate surface area is 264 Å². The van der Waals surface area contributed by atoms with Gasteiger partial charge >= 0.3 is 0 Å². The zero-order chi connectivity index (χ0) is 30.5. The molecule has 1 aliphatic rings. The van der Waals surface area contributed by atoms with E-state index in [1.807, 2.05) is 67.6 Å². The Balaban J connectivity index is 1.37. The lowest BCUT2D eigenvalue weighted by atomic mass is 9.71. The van der Waals surface area contributed by atoms with Gasteiger partial charge in [-0.2, -0.15) is 0 Å². The van der Waals surface area contributed by atoms with Crippen molar-refractivity contribution < 1.29 is 12.8 Å². The smallest absolute Gasteiger partial charge is 0.240 e. The van der Waals surface area contributed by atoms with Crippen LogP contribution in [0, 0.1) is 12.7 Å². The van der Waals surface area contributed by atoms with Crippen LogP contribution in [-0.4, -0.2) is 52.6 Å². The maximum atomic E-state index is 13.5. The molecule has 9 heteroatoms. The molecule has 0 aromatic heterocycles. The van der Waals surface area contributed by atoms with Crippen LogP contribution in [-0.2, 0) is 15.4 Å². The number of benzene rings is 4. The number of piperazine rings is 1. The molecule has 1 fully saturated rings. The Kier molecular flexibility index (Phi) is 10.1. The summed E-state index contributed by atoms with van der Waals surface area (Å²) in [4.78, 5) is 4.95. The van der Waals surface area contributed by atoms with E-state index in [2.05, 4.69) is 14.5 Å². The molecule has 226 valence electrons. The van der Waals surface area contributed by atoms with Crippen molar-refractivity contribution in [1.29, 1.82) is 0 Å². The summed E-state index contributed by atoms with van der Waals surface area (Å²) >= 11 is 12.6. The first-order chi connectivity index (χ1) is 20.6. The zero-order valence-electron chi connectivity index (χ0n) is 24.1. The molecule has 5 nitrogen and oxygen atoms in total. The van der Waals surface area contributed by atoms with Crippen molar-refractivity contribution in [3.63, 3.8) is 0 Å². The molecular formula is C34H36Cl2FN3O2S. The Morgan fingerprint density at radius 1 is 0.767 bits per heavy atom. The standard InChI is InChI=1S/C34H36Cl2FN3O2S/c1-26-3-17-33(18-4-26)43(41,42)38-25-34(27-5-9-29(35)10-6-27,28-7-11-30(36)12-8-28)19-2-20-39-21-23-40(24-22-39)32-15-13-31(37)14-16-32/h3-18,38H,2,19-25H2,1H3. The van der Waals surface area contributed by atoms with Crippen LogP contribution in [0.5, 0.6) is 0 Å². The molecule has 4 aromatic carbocycles. The highest BCUT2D eigenvalue weighted by Gasteiger charge is 2.36. The normalized spacial score (nSPS) is 14.7. The monoisotopic (exact) mass is 639 g/mol. The predicted molar refractivity (Wildman–Crippen MR) is 174 cm³/mol. The third-order valence-corrected chi connectivity index (χ3v) is 10.3. The van der Waals surface area contributed by atoms with Crippen molar-refractivity contribution >= 4 is 38.9 Å². The minimum Gasteiger partial charge on any atom is -0.369 e. The van der Waals surface area contributed by atoms with Gasteiger partial charge in [0.25, 0.3) is 0 Å². The fraction of sp³-hybridized carbons (Fsp3) is 0.294. The van der Waals surface area contributed by atoms with Crippen molar-refractivity contribution in [3.8, 4) is 0 Å². The molecule has 0 radical (unpaired) electrons. The molecular weight excluding hydrogens is 604 g/mol. The number of halogens is 3. The molecule has 1 saturated heterocycles. The maximum absolute atomic E-state index is 13.5. The molecule has 4 aromatic rings. The first-order valence-electron chi connectivity index (χ1n) is 14.5. The zero-order valence-corrected chi connectivity index (χ0v) is 26.5. The van der Waals surface area contributed by atoms with E-state index in [1.54, 1.807) is 24.3 Å². The van der Waals surface area contributed by atoms with Crippen LogP contribution in [0.25, 0.3) is 0 Å². The molecule has 1 aliphatic heterocycles. The van der Waals surface area contributed by atoms with Crippen molar-refractivity contribution in [2.75, 3.05) is 44.2 Å². The van der Waals surface area contributed by atoms with E-state index in [4.69, 9.17) is 23.2 Å². The number of hydrogen-bond donors (Lipinski definition) is 1. The van der Waals surface area contributed by atoms with Gasteiger partial charge in [0.15, 0.2) is 0 Å². The first-order valence-corrected chi connectivity index (χ1v) is 16.7. The van der Waals surface area contributed by atoms with Gasteiger partial charge in [-0.15, -0.1) is 0 Å². The highest BCUT2D eigenvalue weighted by Crippen LogP contribution is 2.38. The number of hydrogen-bond acceptors (Lipinski definition) is 4. The summed E-state index contributed by atoms with van der Waals surface area (Å²) in [7, 11) is -3.76. The minimum absolute atomic E-state index is 0.171. The number of sulfonamides is 1. The molecule has 5 rings (SSSR count). The van der Waals surface area contributed by atoms with E-state index in [9.17, 15) is 12.8 Å². The Morgan fingerprint density at radius 2 is 1.30 bits per heavy atom. The number of aryl methyl sites for hydroxylation is 1. The van der Waals surface area contributed by atoms with Gasteiger partial charge in [0.05, 0.1) is 4.90 Å². The number of anilines is 1. The SMILES string of the molecule is Cc1ccc(S(=O)(=O)NCC(CCCN2CCN(c3ccc(F)cc3)CC2)(c2ccc(Cl)cc2)c2ccc(Cl)cc2)cc1. The third kappa shape index (κ3) is 7.78. The second-order valence-corrected chi connectivity index (χ2v) is 13.8. The fourth-order valence-corrected chi connectivity index (χ4v) is 7.14. The molecule has 0 spiro atoms. The quantitative estimate of drug-likeness (QED) is 0.187. The Morgan fingerprint density at radius 3 is 1.84 bits per heavy atom. The Hall–Kier alpha value is -2.94. The van der Waals surface area contributed by atoms with Gasteiger partial charge in [-0.1, -0.05) is 65.2 Å². The van der Waals surface area contributed by atoms with E-state index in [0.717, 1.165) is 61.5 Å². The van der Waals surface area contributed by atoms with Gasteiger partial charge in [-0.05, 0) is 98.1 Å². The lowest BCUT2D eigenvalue weighted by molar-refractivity contribution is 0.245. The Bertz CT molecular complexity index is 1540. The summed E-state index contributed by atoms with van der Waals surface area (Å²) in [6, 6.07) is 28.9. The van der Waals surface area contributed by atoms with Crippen LogP contribution < -0.4 is 9.62 Å². The van der Waals surface area contributed by atoms with Crippen molar-refractivity contribution in [1.82, 2.24) is 9.62 Å². The molecule has 1 N–H and O–H groups in total. The summed E-state index contributed by atoms with van der Waals surface area (Å²) < 4.78 is 43.2. The topological polar surface area (TPSA) is 52.7 Å². The highest BCUT2D eigenvalue weighted by atomic mass is 35.5. The average molecular weight is 641 g/mol. The van der Waals surface area contributed by atoms with Crippen LogP contribution in [0.4, 0.5) is 10.1 Å². The largest absolute Gasteiger partial charge is 0.369 e.